The monoisotopic (exact) mass is 238 g/mol. The number of nitrogen functional groups attached to an aromatic ring is 1. The lowest BCUT2D eigenvalue weighted by Gasteiger charge is -2.20. The van der Waals surface area contributed by atoms with E-state index in [1.807, 2.05) is 6.92 Å². The number of likely N-dealkylation sites (tertiary alicyclic amines) is 1. The van der Waals surface area contributed by atoms with Crippen LogP contribution in [0.2, 0.25) is 0 Å². The molecular formula is C10H18N6O. The van der Waals surface area contributed by atoms with Crippen molar-refractivity contribution in [1.82, 2.24) is 25.4 Å². The first-order chi connectivity index (χ1) is 8.15. The summed E-state index contributed by atoms with van der Waals surface area (Å²) in [6.07, 6.45) is 2.50. The highest BCUT2D eigenvalue weighted by Crippen LogP contribution is 2.07. The van der Waals surface area contributed by atoms with Crippen LogP contribution >= 0.6 is 0 Å². The number of hydrogen-bond acceptors (Lipinski definition) is 5. The molecule has 0 spiro atoms. The lowest BCUT2D eigenvalue weighted by molar-refractivity contribution is 0.0922. The second-order valence-electron chi connectivity index (χ2n) is 4.42. The summed E-state index contributed by atoms with van der Waals surface area (Å²) in [7, 11) is 0. The van der Waals surface area contributed by atoms with Gasteiger partial charge in [-0.05, 0) is 32.9 Å². The minimum atomic E-state index is -0.263. The molecule has 1 aromatic heterocycles. The molecule has 4 N–H and O–H groups in total. The van der Waals surface area contributed by atoms with Crippen molar-refractivity contribution in [2.45, 2.75) is 25.8 Å². The Kier molecular flexibility index (Phi) is 3.58. The molecule has 7 nitrogen and oxygen atoms in total. The molecule has 17 heavy (non-hydrogen) atoms. The largest absolute Gasteiger partial charge is 0.366 e. The number of aromatic nitrogens is 3. The minimum Gasteiger partial charge on any atom is -0.366 e. The van der Waals surface area contributed by atoms with Gasteiger partial charge in [-0.15, -0.1) is 5.10 Å². The lowest BCUT2D eigenvalue weighted by atomic mass is 10.3. The van der Waals surface area contributed by atoms with Crippen LogP contribution in [0.25, 0.3) is 0 Å². The molecule has 1 atom stereocenters. The molecule has 0 aliphatic carbocycles. The normalized spacial score (nSPS) is 18.2. The topological polar surface area (TPSA) is 99.9 Å². The average Bonchev–Trinajstić information content (AvgIpc) is 2.89. The molecule has 2 rings (SSSR count). The number of rotatable bonds is 4. The number of nitrogens with zero attached hydrogens (tertiary/aromatic N) is 3. The van der Waals surface area contributed by atoms with Crippen LogP contribution in [0.4, 0.5) is 5.95 Å². The van der Waals surface area contributed by atoms with Gasteiger partial charge in [-0.25, -0.2) is 0 Å². The number of carbonyl (C=O) groups is 1. The minimum absolute atomic E-state index is 0.0855. The number of aromatic amines is 1. The van der Waals surface area contributed by atoms with E-state index in [2.05, 4.69) is 25.4 Å². The standard InChI is InChI=1S/C10H18N6O/c1-7(6-16-4-2-3-5-16)12-9(17)8-13-10(11)15-14-8/h7H,2-6H2,1H3,(H,12,17)(H3,11,13,14,15). The van der Waals surface area contributed by atoms with Crippen LogP contribution in [0.15, 0.2) is 0 Å². The molecule has 94 valence electrons. The quantitative estimate of drug-likeness (QED) is 0.663. The predicted molar refractivity (Wildman–Crippen MR) is 63.4 cm³/mol. The van der Waals surface area contributed by atoms with E-state index in [0.717, 1.165) is 19.6 Å². The summed E-state index contributed by atoms with van der Waals surface area (Å²) in [5.74, 6) is -0.0148. The van der Waals surface area contributed by atoms with Crippen molar-refractivity contribution in [2.75, 3.05) is 25.4 Å². The molecule has 0 radical (unpaired) electrons. The van der Waals surface area contributed by atoms with E-state index in [0.29, 0.717) is 0 Å². The van der Waals surface area contributed by atoms with Crippen LogP contribution in [0, 0.1) is 0 Å². The van der Waals surface area contributed by atoms with Crippen molar-refractivity contribution in [3.63, 3.8) is 0 Å². The van der Waals surface area contributed by atoms with Crippen LogP contribution in [-0.2, 0) is 0 Å². The molecule has 0 bridgehead atoms. The zero-order valence-corrected chi connectivity index (χ0v) is 9.94. The van der Waals surface area contributed by atoms with Crippen molar-refractivity contribution >= 4 is 11.9 Å². The molecule has 7 heteroatoms. The maximum atomic E-state index is 11.7. The number of carbonyl (C=O) groups excluding carboxylic acids is 1. The highest BCUT2D eigenvalue weighted by Gasteiger charge is 2.18. The second-order valence-corrected chi connectivity index (χ2v) is 4.42. The van der Waals surface area contributed by atoms with E-state index < -0.39 is 0 Å². The van der Waals surface area contributed by atoms with Crippen LogP contribution < -0.4 is 11.1 Å². The Labute approximate surface area is 99.8 Å². The molecule has 0 aromatic carbocycles. The molecule has 1 amide bonds. The van der Waals surface area contributed by atoms with Crippen LogP contribution in [0.1, 0.15) is 30.4 Å². The Balaban J connectivity index is 1.81. The Morgan fingerprint density at radius 2 is 2.29 bits per heavy atom. The van der Waals surface area contributed by atoms with Crippen LogP contribution in [0.3, 0.4) is 0 Å². The van der Waals surface area contributed by atoms with Crippen LogP contribution in [0.5, 0.6) is 0 Å². The fourth-order valence-electron chi connectivity index (χ4n) is 2.07. The highest BCUT2D eigenvalue weighted by atomic mass is 16.2. The van der Waals surface area contributed by atoms with Crippen molar-refractivity contribution in [3.05, 3.63) is 5.82 Å². The first-order valence-electron chi connectivity index (χ1n) is 5.86. The summed E-state index contributed by atoms with van der Waals surface area (Å²) in [5, 5.41) is 8.98. The summed E-state index contributed by atoms with van der Waals surface area (Å²) in [6, 6.07) is 0.0897. The Morgan fingerprint density at radius 1 is 1.59 bits per heavy atom. The Bertz CT molecular complexity index is 384. The molecule has 1 saturated heterocycles. The zero-order chi connectivity index (χ0) is 12.3. The summed E-state index contributed by atoms with van der Waals surface area (Å²) in [6.45, 7) is 5.09. The number of amides is 1. The maximum absolute atomic E-state index is 11.7. The van der Waals surface area contributed by atoms with Gasteiger partial charge in [0.2, 0.25) is 11.8 Å². The van der Waals surface area contributed by atoms with E-state index in [4.69, 9.17) is 5.73 Å². The van der Waals surface area contributed by atoms with Crippen LogP contribution in [-0.4, -0.2) is 51.7 Å². The number of hydrogen-bond donors (Lipinski definition) is 3. The van der Waals surface area contributed by atoms with E-state index in [9.17, 15) is 4.79 Å². The second kappa shape index (κ2) is 5.13. The average molecular weight is 238 g/mol. The maximum Gasteiger partial charge on any atom is 0.288 e. The van der Waals surface area contributed by atoms with E-state index in [1.54, 1.807) is 0 Å². The molecular weight excluding hydrogens is 220 g/mol. The van der Waals surface area contributed by atoms with Gasteiger partial charge in [0.25, 0.3) is 5.91 Å². The van der Waals surface area contributed by atoms with Gasteiger partial charge in [0.05, 0.1) is 0 Å². The molecule has 2 heterocycles. The molecule has 1 fully saturated rings. The van der Waals surface area contributed by atoms with E-state index in [-0.39, 0.29) is 23.7 Å². The van der Waals surface area contributed by atoms with Gasteiger partial charge in [-0.1, -0.05) is 0 Å². The van der Waals surface area contributed by atoms with Gasteiger partial charge in [-0.3, -0.25) is 9.89 Å². The highest BCUT2D eigenvalue weighted by molar-refractivity contribution is 5.90. The number of nitrogens with one attached hydrogen (secondary N) is 2. The third kappa shape index (κ3) is 3.16. The summed E-state index contributed by atoms with van der Waals surface area (Å²) in [5.41, 5.74) is 5.34. The number of anilines is 1. The third-order valence-corrected chi connectivity index (χ3v) is 2.83. The number of nitrogens with two attached hydrogens (primary N) is 1. The smallest absolute Gasteiger partial charge is 0.288 e. The first-order valence-corrected chi connectivity index (χ1v) is 5.86. The fourth-order valence-corrected chi connectivity index (χ4v) is 2.07. The van der Waals surface area contributed by atoms with Crippen molar-refractivity contribution < 1.29 is 4.79 Å². The molecule has 1 aliphatic rings. The number of H-pyrrole nitrogens is 1. The molecule has 1 unspecified atom stereocenters. The van der Waals surface area contributed by atoms with Crippen molar-refractivity contribution in [2.24, 2.45) is 0 Å². The summed E-state index contributed by atoms with van der Waals surface area (Å²) in [4.78, 5) is 17.9. The van der Waals surface area contributed by atoms with Crippen molar-refractivity contribution in [1.29, 1.82) is 0 Å². The van der Waals surface area contributed by atoms with Crippen molar-refractivity contribution in [3.8, 4) is 0 Å². The summed E-state index contributed by atoms with van der Waals surface area (Å²) < 4.78 is 0. The SMILES string of the molecule is CC(CN1CCCC1)NC(=O)c1nc(N)n[nH]1. The van der Waals surface area contributed by atoms with Gasteiger partial charge in [0.15, 0.2) is 0 Å². The van der Waals surface area contributed by atoms with Gasteiger partial charge in [0.1, 0.15) is 0 Å². The Hall–Kier alpha value is -1.63. The predicted octanol–water partition coefficient (Wildman–Crippen LogP) is -0.399. The zero-order valence-electron chi connectivity index (χ0n) is 9.94. The van der Waals surface area contributed by atoms with Gasteiger partial charge in [0, 0.05) is 12.6 Å². The molecule has 1 aliphatic heterocycles. The molecule has 1 aromatic rings. The third-order valence-electron chi connectivity index (χ3n) is 2.83. The van der Waals surface area contributed by atoms with Gasteiger partial charge in [-0.2, -0.15) is 4.98 Å². The van der Waals surface area contributed by atoms with Gasteiger partial charge >= 0.3 is 0 Å². The summed E-state index contributed by atoms with van der Waals surface area (Å²) >= 11 is 0. The van der Waals surface area contributed by atoms with E-state index >= 15 is 0 Å². The first kappa shape index (κ1) is 11.8. The fraction of sp³-hybridized carbons (Fsp3) is 0.700. The van der Waals surface area contributed by atoms with E-state index in [1.165, 1.54) is 12.8 Å². The molecule has 0 saturated carbocycles. The Morgan fingerprint density at radius 3 is 2.88 bits per heavy atom. The lowest BCUT2D eigenvalue weighted by Crippen LogP contribution is -2.41. The van der Waals surface area contributed by atoms with Gasteiger partial charge < -0.3 is 16.0 Å².